The summed E-state index contributed by atoms with van der Waals surface area (Å²) < 4.78 is 5.25. The van der Waals surface area contributed by atoms with Crippen molar-refractivity contribution in [1.82, 2.24) is 10.1 Å². The highest BCUT2D eigenvalue weighted by Gasteiger charge is 2.36. The van der Waals surface area contributed by atoms with Crippen molar-refractivity contribution in [3.63, 3.8) is 0 Å². The number of hydrogen-bond donors (Lipinski definition) is 0. The molecule has 1 aliphatic heterocycles. The van der Waals surface area contributed by atoms with E-state index >= 15 is 0 Å². The third kappa shape index (κ3) is 2.05. The van der Waals surface area contributed by atoms with Crippen molar-refractivity contribution >= 4 is 11.7 Å². The molecule has 2 heterocycles. The molecule has 0 fully saturated rings. The normalized spacial score (nSPS) is 18.1. The molecule has 1 aromatic heterocycles. The van der Waals surface area contributed by atoms with Crippen molar-refractivity contribution in [2.45, 2.75) is 33.7 Å². The number of hydrogen-bond acceptors (Lipinski definition) is 4. The average molecular weight is 284 g/mol. The molecule has 2 aliphatic rings. The number of allylic oxidation sites excluding steroid dienone is 3. The molecule has 0 spiro atoms. The Labute approximate surface area is 122 Å². The summed E-state index contributed by atoms with van der Waals surface area (Å²) in [6, 6.07) is 1.84. The number of fused-ring (bicyclic) bond motifs is 1. The van der Waals surface area contributed by atoms with Gasteiger partial charge < -0.3 is 4.52 Å². The van der Waals surface area contributed by atoms with Gasteiger partial charge in [-0.25, -0.2) is 0 Å². The molecular formula is C16H16N2O3. The van der Waals surface area contributed by atoms with Crippen LogP contribution in [0.15, 0.2) is 45.2 Å². The van der Waals surface area contributed by atoms with E-state index < -0.39 is 0 Å². The minimum absolute atomic E-state index is 0.0620. The predicted octanol–water partition coefficient (Wildman–Crippen LogP) is 2.31. The van der Waals surface area contributed by atoms with Crippen molar-refractivity contribution in [3.8, 4) is 0 Å². The lowest BCUT2D eigenvalue weighted by Gasteiger charge is -2.21. The van der Waals surface area contributed by atoms with E-state index in [2.05, 4.69) is 5.16 Å². The molecule has 108 valence electrons. The number of carbonyl (C=O) groups excluding carboxylic acids is 2. The summed E-state index contributed by atoms with van der Waals surface area (Å²) in [4.78, 5) is 25.9. The molecule has 0 N–H and O–H groups in total. The number of rotatable bonds is 3. The third-order valence-corrected chi connectivity index (χ3v) is 3.91. The molecule has 0 atom stereocenters. The monoisotopic (exact) mass is 284 g/mol. The molecule has 1 amide bonds. The number of ketones is 1. The molecule has 21 heavy (non-hydrogen) atoms. The molecule has 0 aromatic carbocycles. The quantitative estimate of drug-likeness (QED) is 0.854. The maximum Gasteiger partial charge on any atom is 0.255 e. The number of carbonyl (C=O) groups is 2. The number of aryl methyl sites for hydroxylation is 1. The molecule has 5 nitrogen and oxygen atoms in total. The summed E-state index contributed by atoms with van der Waals surface area (Å²) in [6.45, 7) is 5.81. The summed E-state index contributed by atoms with van der Waals surface area (Å²) in [5.74, 6) is 0.470. The van der Waals surface area contributed by atoms with Crippen LogP contribution >= 0.6 is 0 Å². The molecule has 3 rings (SSSR count). The van der Waals surface area contributed by atoms with E-state index in [1.165, 1.54) is 6.08 Å². The molecule has 1 aliphatic carbocycles. The van der Waals surface area contributed by atoms with Crippen molar-refractivity contribution < 1.29 is 14.1 Å². The van der Waals surface area contributed by atoms with Crippen LogP contribution in [0.25, 0.3) is 0 Å². The Balaban J connectivity index is 1.98. The second-order valence-corrected chi connectivity index (χ2v) is 5.24. The highest BCUT2D eigenvalue weighted by Crippen LogP contribution is 2.36. The SMILES string of the molecule is CCc1cc(CN2C(=O)C(C)=C3C=CC(=O)C(C)=C32)on1. The van der Waals surface area contributed by atoms with Gasteiger partial charge in [0, 0.05) is 22.8 Å². The van der Waals surface area contributed by atoms with Crippen molar-refractivity contribution in [2.24, 2.45) is 0 Å². The molecule has 0 radical (unpaired) electrons. The zero-order valence-corrected chi connectivity index (χ0v) is 12.3. The van der Waals surface area contributed by atoms with E-state index in [1.54, 1.807) is 24.8 Å². The highest BCUT2D eigenvalue weighted by atomic mass is 16.5. The number of amides is 1. The second-order valence-electron chi connectivity index (χ2n) is 5.24. The Bertz CT molecular complexity index is 734. The first-order valence-corrected chi connectivity index (χ1v) is 6.93. The van der Waals surface area contributed by atoms with Crippen LogP contribution in [0.4, 0.5) is 0 Å². The van der Waals surface area contributed by atoms with Crippen molar-refractivity contribution in [1.29, 1.82) is 0 Å². The second kappa shape index (κ2) is 4.84. The maximum absolute atomic E-state index is 12.4. The van der Waals surface area contributed by atoms with Gasteiger partial charge in [0.05, 0.1) is 17.9 Å². The first-order chi connectivity index (χ1) is 10.0. The fourth-order valence-electron chi connectivity index (χ4n) is 2.65. The zero-order valence-electron chi connectivity index (χ0n) is 12.3. The fraction of sp³-hybridized carbons (Fsp3) is 0.312. The van der Waals surface area contributed by atoms with Gasteiger partial charge in [-0.2, -0.15) is 0 Å². The van der Waals surface area contributed by atoms with E-state index in [1.807, 2.05) is 13.0 Å². The smallest absolute Gasteiger partial charge is 0.255 e. The van der Waals surface area contributed by atoms with Crippen LogP contribution in [0.5, 0.6) is 0 Å². The van der Waals surface area contributed by atoms with E-state index in [0.717, 1.165) is 17.7 Å². The maximum atomic E-state index is 12.4. The summed E-state index contributed by atoms with van der Waals surface area (Å²) in [7, 11) is 0. The van der Waals surface area contributed by atoms with Gasteiger partial charge in [0.1, 0.15) is 0 Å². The van der Waals surface area contributed by atoms with Crippen LogP contribution in [0.3, 0.4) is 0 Å². The largest absolute Gasteiger partial charge is 0.359 e. The Morgan fingerprint density at radius 2 is 1.95 bits per heavy atom. The molecule has 1 aromatic rings. The summed E-state index contributed by atoms with van der Waals surface area (Å²) in [6.07, 6.45) is 4.01. The first-order valence-electron chi connectivity index (χ1n) is 6.93. The molecule has 5 heteroatoms. The minimum atomic E-state index is -0.0897. The number of nitrogens with zero attached hydrogens (tertiary/aromatic N) is 2. The van der Waals surface area contributed by atoms with Crippen LogP contribution in [-0.2, 0) is 22.6 Å². The van der Waals surface area contributed by atoms with Gasteiger partial charge in [0.15, 0.2) is 11.5 Å². The Kier molecular flexibility index (Phi) is 3.12. The Hall–Kier alpha value is -2.43. The van der Waals surface area contributed by atoms with Crippen molar-refractivity contribution in [2.75, 3.05) is 0 Å². The Morgan fingerprint density at radius 3 is 2.62 bits per heavy atom. The fourth-order valence-corrected chi connectivity index (χ4v) is 2.65. The van der Waals surface area contributed by atoms with Gasteiger partial charge >= 0.3 is 0 Å². The van der Waals surface area contributed by atoms with E-state index in [-0.39, 0.29) is 11.7 Å². The molecule has 0 unspecified atom stereocenters. The number of aromatic nitrogens is 1. The summed E-state index contributed by atoms with van der Waals surface area (Å²) in [5.41, 5.74) is 3.62. The van der Waals surface area contributed by atoms with Crippen LogP contribution in [-0.4, -0.2) is 21.7 Å². The molecule has 0 bridgehead atoms. The van der Waals surface area contributed by atoms with E-state index in [0.29, 0.717) is 29.1 Å². The molecular weight excluding hydrogens is 268 g/mol. The van der Waals surface area contributed by atoms with Gasteiger partial charge in [-0.3, -0.25) is 14.5 Å². The topological polar surface area (TPSA) is 63.4 Å². The average Bonchev–Trinajstić information content (AvgIpc) is 3.02. The van der Waals surface area contributed by atoms with E-state index in [4.69, 9.17) is 4.52 Å². The van der Waals surface area contributed by atoms with Gasteiger partial charge in [0.25, 0.3) is 5.91 Å². The molecule has 0 saturated heterocycles. The van der Waals surface area contributed by atoms with Gasteiger partial charge in [-0.05, 0) is 32.4 Å². The highest BCUT2D eigenvalue weighted by molar-refractivity contribution is 6.11. The predicted molar refractivity (Wildman–Crippen MR) is 76.0 cm³/mol. The van der Waals surface area contributed by atoms with E-state index in [9.17, 15) is 9.59 Å². The first kappa shape index (κ1) is 13.5. The standard InChI is InChI=1S/C16H16N2O3/c1-4-11-7-12(21-17-11)8-18-15-10(3)14(19)6-5-13(15)9(2)16(18)20/h5-7H,4,8H2,1-3H3. The molecule has 0 saturated carbocycles. The van der Waals surface area contributed by atoms with Crippen LogP contribution < -0.4 is 0 Å². The lowest BCUT2D eigenvalue weighted by Crippen LogP contribution is -2.27. The van der Waals surface area contributed by atoms with Gasteiger partial charge in [0.2, 0.25) is 0 Å². The zero-order chi connectivity index (χ0) is 15.1. The van der Waals surface area contributed by atoms with Gasteiger partial charge in [-0.1, -0.05) is 12.1 Å². The minimum Gasteiger partial charge on any atom is -0.359 e. The van der Waals surface area contributed by atoms with Crippen LogP contribution in [0, 0.1) is 0 Å². The third-order valence-electron chi connectivity index (χ3n) is 3.91. The summed E-state index contributed by atoms with van der Waals surface area (Å²) in [5, 5.41) is 3.94. The lowest BCUT2D eigenvalue weighted by atomic mass is 9.97. The Morgan fingerprint density at radius 1 is 1.19 bits per heavy atom. The van der Waals surface area contributed by atoms with Crippen molar-refractivity contribution in [3.05, 3.63) is 52.1 Å². The van der Waals surface area contributed by atoms with Gasteiger partial charge in [-0.15, -0.1) is 0 Å². The van der Waals surface area contributed by atoms with Crippen LogP contribution in [0.1, 0.15) is 32.2 Å². The summed E-state index contributed by atoms with van der Waals surface area (Å²) >= 11 is 0. The lowest BCUT2D eigenvalue weighted by molar-refractivity contribution is -0.124. The van der Waals surface area contributed by atoms with Crippen LogP contribution in [0.2, 0.25) is 0 Å².